The third kappa shape index (κ3) is 2.62. The Morgan fingerprint density at radius 2 is 1.95 bits per heavy atom. The number of halogens is 2. The number of nitrogens with zero attached hydrogens (tertiary/aromatic N) is 2. The molecule has 1 aromatic heterocycles. The first-order chi connectivity index (χ1) is 9.04. The lowest BCUT2D eigenvalue weighted by Gasteiger charge is -2.08. The van der Waals surface area contributed by atoms with Gasteiger partial charge in [0.05, 0.1) is 22.8 Å². The number of aromatic nitrogens is 2. The minimum Gasteiger partial charge on any atom is -0.464 e. The third-order valence-electron chi connectivity index (χ3n) is 2.34. The van der Waals surface area contributed by atoms with Gasteiger partial charge in [-0.3, -0.25) is 4.79 Å². The van der Waals surface area contributed by atoms with E-state index in [2.05, 4.69) is 9.84 Å². The van der Waals surface area contributed by atoms with Crippen LogP contribution in [0.5, 0.6) is 0 Å². The molecule has 0 aliphatic heterocycles. The highest BCUT2D eigenvalue weighted by molar-refractivity contribution is 6.33. The van der Waals surface area contributed by atoms with E-state index in [0.717, 1.165) is 10.7 Å². The zero-order valence-corrected chi connectivity index (χ0v) is 11.3. The Labute approximate surface area is 118 Å². The molecule has 0 unspecified atom stereocenters. The molecule has 19 heavy (non-hydrogen) atoms. The zero-order valence-electron chi connectivity index (χ0n) is 9.76. The van der Waals surface area contributed by atoms with Gasteiger partial charge in [-0.15, -0.1) is 0 Å². The van der Waals surface area contributed by atoms with Gasteiger partial charge in [-0.25, -0.2) is 4.79 Å². The van der Waals surface area contributed by atoms with Crippen molar-refractivity contribution in [1.29, 1.82) is 0 Å². The van der Waals surface area contributed by atoms with E-state index in [1.165, 1.54) is 7.11 Å². The summed E-state index contributed by atoms with van der Waals surface area (Å²) in [4.78, 5) is 23.4. The molecule has 5 nitrogen and oxygen atoms in total. The number of hydrogen-bond donors (Lipinski definition) is 0. The summed E-state index contributed by atoms with van der Waals surface area (Å²) >= 11 is 11.8. The van der Waals surface area contributed by atoms with Gasteiger partial charge in [0.1, 0.15) is 0 Å². The molecule has 0 bridgehead atoms. The Bertz CT molecular complexity index is 698. The monoisotopic (exact) mass is 298 g/mol. The second-order valence-corrected chi connectivity index (χ2v) is 4.35. The van der Waals surface area contributed by atoms with Crippen molar-refractivity contribution in [3.63, 3.8) is 0 Å². The van der Waals surface area contributed by atoms with Crippen LogP contribution in [-0.4, -0.2) is 22.9 Å². The fourth-order valence-electron chi connectivity index (χ4n) is 1.47. The van der Waals surface area contributed by atoms with Crippen molar-refractivity contribution in [2.45, 2.75) is 0 Å². The normalized spacial score (nSPS) is 10.3. The molecule has 1 aromatic carbocycles. The van der Waals surface area contributed by atoms with Crippen LogP contribution in [0.15, 0.2) is 35.1 Å². The van der Waals surface area contributed by atoms with Gasteiger partial charge in [0.2, 0.25) is 0 Å². The highest BCUT2D eigenvalue weighted by Crippen LogP contribution is 2.19. The van der Waals surface area contributed by atoms with Crippen LogP contribution in [0.25, 0.3) is 5.69 Å². The van der Waals surface area contributed by atoms with Crippen LogP contribution in [-0.2, 0) is 4.74 Å². The van der Waals surface area contributed by atoms with Crippen molar-refractivity contribution in [3.8, 4) is 5.69 Å². The maximum Gasteiger partial charge on any atom is 0.360 e. The van der Waals surface area contributed by atoms with Crippen LogP contribution in [0.2, 0.25) is 10.0 Å². The number of benzene rings is 1. The number of rotatable bonds is 2. The van der Waals surface area contributed by atoms with Gasteiger partial charge < -0.3 is 4.74 Å². The van der Waals surface area contributed by atoms with E-state index in [-0.39, 0.29) is 10.7 Å². The highest BCUT2D eigenvalue weighted by Gasteiger charge is 2.17. The quantitative estimate of drug-likeness (QED) is 0.798. The van der Waals surface area contributed by atoms with E-state index in [9.17, 15) is 9.59 Å². The standard InChI is InChI=1S/C12H8Cl2N2O3/c1-19-12(18)11-8(14)6-10(17)16(15-11)9-5-3-2-4-7(9)13/h2-6H,1H3. The lowest BCUT2D eigenvalue weighted by molar-refractivity contribution is 0.0592. The first-order valence-electron chi connectivity index (χ1n) is 5.17. The molecule has 0 amide bonds. The Kier molecular flexibility index (Phi) is 3.87. The second kappa shape index (κ2) is 5.42. The van der Waals surface area contributed by atoms with Crippen molar-refractivity contribution < 1.29 is 9.53 Å². The zero-order chi connectivity index (χ0) is 14.0. The maximum atomic E-state index is 11.9. The predicted octanol–water partition coefficient (Wildman–Crippen LogP) is 2.33. The van der Waals surface area contributed by atoms with E-state index < -0.39 is 11.5 Å². The Balaban J connectivity index is 2.68. The average molecular weight is 299 g/mol. The molecule has 0 saturated carbocycles. The van der Waals surface area contributed by atoms with E-state index in [1.54, 1.807) is 24.3 Å². The van der Waals surface area contributed by atoms with Gasteiger partial charge >= 0.3 is 5.97 Å². The molecule has 0 fully saturated rings. The number of carbonyl (C=O) groups excluding carboxylic acids is 1. The van der Waals surface area contributed by atoms with Crippen molar-refractivity contribution >= 4 is 29.2 Å². The molecular weight excluding hydrogens is 291 g/mol. The molecule has 0 N–H and O–H groups in total. The Hall–Kier alpha value is -1.85. The number of hydrogen-bond acceptors (Lipinski definition) is 4. The van der Waals surface area contributed by atoms with Crippen molar-refractivity contribution in [3.05, 3.63) is 56.4 Å². The van der Waals surface area contributed by atoms with E-state index in [1.807, 2.05) is 0 Å². The Morgan fingerprint density at radius 1 is 1.26 bits per heavy atom. The average Bonchev–Trinajstić information content (AvgIpc) is 2.39. The summed E-state index contributed by atoms with van der Waals surface area (Å²) in [6.07, 6.45) is 0. The summed E-state index contributed by atoms with van der Waals surface area (Å²) in [6, 6.07) is 7.71. The van der Waals surface area contributed by atoms with Gasteiger partial charge in [-0.2, -0.15) is 9.78 Å². The molecule has 0 spiro atoms. The molecule has 1 heterocycles. The largest absolute Gasteiger partial charge is 0.464 e. The molecule has 2 rings (SSSR count). The van der Waals surface area contributed by atoms with Gasteiger partial charge in [0.15, 0.2) is 5.69 Å². The molecule has 0 aliphatic carbocycles. The minimum absolute atomic E-state index is 0.0693. The topological polar surface area (TPSA) is 61.2 Å². The van der Waals surface area contributed by atoms with Crippen LogP contribution < -0.4 is 5.56 Å². The summed E-state index contributed by atoms with van der Waals surface area (Å²) in [5.74, 6) is -0.731. The van der Waals surface area contributed by atoms with Gasteiger partial charge in [-0.05, 0) is 12.1 Å². The molecule has 98 valence electrons. The SMILES string of the molecule is COC(=O)c1nn(-c2ccccc2Cl)c(=O)cc1Cl. The third-order valence-corrected chi connectivity index (χ3v) is 2.95. The van der Waals surface area contributed by atoms with Gasteiger partial charge in [0, 0.05) is 6.07 Å². The summed E-state index contributed by atoms with van der Waals surface area (Å²) < 4.78 is 5.54. The molecule has 2 aromatic rings. The van der Waals surface area contributed by atoms with Gasteiger partial charge in [0.25, 0.3) is 5.56 Å². The molecule has 0 radical (unpaired) electrons. The molecular formula is C12H8Cl2N2O3. The molecule has 7 heteroatoms. The fourth-order valence-corrected chi connectivity index (χ4v) is 1.89. The van der Waals surface area contributed by atoms with Crippen LogP contribution in [0.1, 0.15) is 10.5 Å². The highest BCUT2D eigenvalue weighted by atomic mass is 35.5. The number of methoxy groups -OCH3 is 1. The van der Waals surface area contributed by atoms with E-state index >= 15 is 0 Å². The smallest absolute Gasteiger partial charge is 0.360 e. The summed E-state index contributed by atoms with van der Waals surface area (Å²) in [6.45, 7) is 0. The maximum absolute atomic E-state index is 11.9. The number of carbonyl (C=O) groups is 1. The lowest BCUT2D eigenvalue weighted by atomic mass is 10.3. The Morgan fingerprint density at radius 3 is 2.58 bits per heavy atom. The number of ether oxygens (including phenoxy) is 1. The predicted molar refractivity (Wildman–Crippen MR) is 71.2 cm³/mol. The van der Waals surface area contributed by atoms with Crippen LogP contribution in [0, 0.1) is 0 Å². The van der Waals surface area contributed by atoms with Crippen molar-refractivity contribution in [1.82, 2.24) is 9.78 Å². The second-order valence-electron chi connectivity index (χ2n) is 3.53. The van der Waals surface area contributed by atoms with Crippen molar-refractivity contribution in [2.24, 2.45) is 0 Å². The summed E-state index contributed by atoms with van der Waals surface area (Å²) in [5.41, 5.74) is -0.287. The van der Waals surface area contributed by atoms with Gasteiger partial charge in [-0.1, -0.05) is 35.3 Å². The molecule has 0 saturated heterocycles. The summed E-state index contributed by atoms with van der Waals surface area (Å²) in [5, 5.41) is 4.15. The molecule has 0 aliphatic rings. The van der Waals surface area contributed by atoms with Crippen LogP contribution in [0.4, 0.5) is 0 Å². The lowest BCUT2D eigenvalue weighted by Crippen LogP contribution is -2.24. The number of esters is 1. The van der Waals surface area contributed by atoms with E-state index in [4.69, 9.17) is 23.2 Å². The first kappa shape index (κ1) is 13.6. The number of para-hydroxylation sites is 1. The molecule has 0 atom stereocenters. The fraction of sp³-hybridized carbons (Fsp3) is 0.0833. The van der Waals surface area contributed by atoms with Crippen molar-refractivity contribution in [2.75, 3.05) is 7.11 Å². The first-order valence-corrected chi connectivity index (χ1v) is 5.93. The summed E-state index contributed by atoms with van der Waals surface area (Å²) in [7, 11) is 1.20. The van der Waals surface area contributed by atoms with E-state index in [0.29, 0.717) is 10.7 Å². The van der Waals surface area contributed by atoms with Crippen LogP contribution >= 0.6 is 23.2 Å². The minimum atomic E-state index is -0.731. The van der Waals surface area contributed by atoms with Crippen LogP contribution in [0.3, 0.4) is 0 Å².